The maximum absolute atomic E-state index is 13.7. The lowest BCUT2D eigenvalue weighted by molar-refractivity contribution is -0.203. The summed E-state index contributed by atoms with van der Waals surface area (Å²) in [7, 11) is -1.75. The molecule has 2 fully saturated rings. The van der Waals surface area contributed by atoms with Crippen molar-refractivity contribution in [1.82, 2.24) is 9.55 Å². The first-order valence-electron chi connectivity index (χ1n) is 16.2. The van der Waals surface area contributed by atoms with Gasteiger partial charge in [-0.25, -0.2) is 9.36 Å². The fourth-order valence-electron chi connectivity index (χ4n) is 6.61. The van der Waals surface area contributed by atoms with Gasteiger partial charge in [-0.05, 0) is 59.2 Å². The number of hydrogen-bond donors (Lipinski definition) is 2. The zero-order valence-corrected chi connectivity index (χ0v) is 29.7. The van der Waals surface area contributed by atoms with Gasteiger partial charge in [-0.1, -0.05) is 78.3 Å². The van der Waals surface area contributed by atoms with E-state index in [1.54, 1.807) is 26.4 Å². The second kappa shape index (κ2) is 14.4. The lowest BCUT2D eigenvalue weighted by atomic mass is 9.79. The smallest absolute Gasteiger partial charge is 0.497 e. The number of benzene rings is 4. The lowest BCUT2D eigenvalue weighted by Gasteiger charge is -2.40. The number of rotatable bonds is 13. The van der Waals surface area contributed by atoms with Crippen LogP contribution in [0.5, 0.6) is 17.2 Å². The van der Waals surface area contributed by atoms with Crippen molar-refractivity contribution in [3.8, 4) is 17.2 Å². The van der Waals surface area contributed by atoms with E-state index in [2.05, 4.69) is 4.98 Å². The Labute approximate surface area is 304 Å². The van der Waals surface area contributed by atoms with Crippen molar-refractivity contribution < 1.29 is 42.2 Å². The number of methoxy groups -OCH3 is 2. The highest BCUT2D eigenvalue weighted by atomic mass is 35.5. The summed E-state index contributed by atoms with van der Waals surface area (Å²) in [6.45, 7) is -0.390. The number of fused-ring (bicyclic) bond motifs is 2. The molecule has 0 radical (unpaired) electrons. The summed E-state index contributed by atoms with van der Waals surface area (Å²) in [5.41, 5.74) is 4.43. The highest BCUT2D eigenvalue weighted by Gasteiger charge is 2.66. The Bertz CT molecular complexity index is 2090. The summed E-state index contributed by atoms with van der Waals surface area (Å²) >= 11 is 6.24. The third-order valence-corrected chi connectivity index (χ3v) is 10.3. The van der Waals surface area contributed by atoms with E-state index in [0.29, 0.717) is 11.5 Å². The molecule has 2 aliphatic rings. The topological polar surface area (TPSA) is 163 Å². The molecule has 0 saturated carbocycles. The molecule has 3 heterocycles. The third kappa shape index (κ3) is 6.68. The normalized spacial score (nSPS) is 22.1. The van der Waals surface area contributed by atoms with Crippen LogP contribution in [0.25, 0.3) is 0 Å². The van der Waals surface area contributed by atoms with Gasteiger partial charge in [0.15, 0.2) is 6.23 Å². The summed E-state index contributed by atoms with van der Waals surface area (Å²) < 4.78 is 57.1. The average Bonchev–Trinajstić information content (AvgIpc) is 3.63. The molecule has 0 amide bonds. The van der Waals surface area contributed by atoms with Crippen molar-refractivity contribution in [2.24, 2.45) is 0 Å². The number of para-hydroxylation sites is 1. The molecule has 5 atom stereocenters. The molecule has 2 unspecified atom stereocenters. The first kappa shape index (κ1) is 35.7. The number of anilines is 1. The Balaban J connectivity index is 1.33. The summed E-state index contributed by atoms with van der Waals surface area (Å²) in [5.74, 6) is 1.23. The molecule has 4 aromatic carbocycles. The van der Waals surface area contributed by atoms with Crippen LogP contribution in [0.4, 0.5) is 5.82 Å². The first-order valence-corrected chi connectivity index (χ1v) is 18.0. The molecule has 13 nitrogen and oxygen atoms in total. The number of ether oxygens (including phenoxy) is 5. The van der Waals surface area contributed by atoms with E-state index in [4.69, 9.17) is 50.1 Å². The summed E-state index contributed by atoms with van der Waals surface area (Å²) in [6.07, 6.45) is -2.10. The van der Waals surface area contributed by atoms with Crippen LogP contribution in [0.15, 0.2) is 120 Å². The average molecular weight is 748 g/mol. The Morgan fingerprint density at radius 2 is 1.52 bits per heavy atom. The van der Waals surface area contributed by atoms with Crippen LogP contribution in [0.1, 0.15) is 22.9 Å². The van der Waals surface area contributed by atoms with Gasteiger partial charge in [0.25, 0.3) is 0 Å². The van der Waals surface area contributed by atoms with Gasteiger partial charge in [-0.3, -0.25) is 14.0 Å². The van der Waals surface area contributed by atoms with E-state index in [9.17, 15) is 14.3 Å². The van der Waals surface area contributed by atoms with Crippen molar-refractivity contribution in [3.05, 3.63) is 148 Å². The van der Waals surface area contributed by atoms with Gasteiger partial charge < -0.3 is 33.9 Å². The fourth-order valence-corrected chi connectivity index (χ4v) is 7.89. The minimum Gasteiger partial charge on any atom is -0.497 e. The molecule has 270 valence electrons. The number of nitrogen functional groups attached to an aromatic ring is 1. The maximum atomic E-state index is 13.7. The predicted octanol–water partition coefficient (Wildman–Crippen LogP) is 5.74. The number of halogens is 1. The van der Waals surface area contributed by atoms with Gasteiger partial charge in [0.05, 0.1) is 32.5 Å². The Morgan fingerprint density at radius 3 is 2.12 bits per heavy atom. The van der Waals surface area contributed by atoms with Gasteiger partial charge in [0.2, 0.25) is 0 Å². The summed E-state index contributed by atoms with van der Waals surface area (Å²) in [6, 6.07) is 32.1. The molecule has 1 aromatic heterocycles. The van der Waals surface area contributed by atoms with Crippen molar-refractivity contribution in [2.45, 2.75) is 29.6 Å². The number of aromatic nitrogens is 2. The molecular weight excluding hydrogens is 713 g/mol. The number of hydrogen-bond acceptors (Lipinski definition) is 11. The lowest BCUT2D eigenvalue weighted by Crippen LogP contribution is -2.49. The Morgan fingerprint density at radius 1 is 0.923 bits per heavy atom. The number of nitrogens with two attached hydrogens (primary N) is 1. The van der Waals surface area contributed by atoms with Crippen molar-refractivity contribution in [3.63, 3.8) is 0 Å². The largest absolute Gasteiger partial charge is 0.527 e. The van der Waals surface area contributed by atoms with E-state index >= 15 is 0 Å². The highest BCUT2D eigenvalue weighted by molar-refractivity contribution is 7.47. The SMILES string of the molecule is COc1ccc(C(OC[C@@]23CO[C@H](C2OP(=O)(O)Oc2ccccc2Cl)[C@H](n2ccc(N)nc2=O)O3)(c2ccccc2)c2ccc(OC)cc2)cc1. The zero-order chi connectivity index (χ0) is 36.5. The fraction of sp³-hybridized carbons (Fsp3) is 0.243. The van der Waals surface area contributed by atoms with Crippen LogP contribution < -0.4 is 25.4 Å². The Hall–Kier alpha value is -4.72. The Kier molecular flexibility index (Phi) is 9.85. The number of phosphoric acid groups is 1. The van der Waals surface area contributed by atoms with Crippen LogP contribution in [-0.2, 0) is 28.9 Å². The van der Waals surface area contributed by atoms with Crippen LogP contribution in [0.2, 0.25) is 5.02 Å². The second-order valence-electron chi connectivity index (χ2n) is 12.2. The van der Waals surface area contributed by atoms with E-state index in [1.165, 1.54) is 29.0 Å². The van der Waals surface area contributed by atoms with E-state index in [-0.39, 0.29) is 29.8 Å². The number of nitrogens with zero attached hydrogens (tertiary/aromatic N) is 2. The summed E-state index contributed by atoms with van der Waals surface area (Å²) in [4.78, 5) is 28.0. The molecule has 0 aliphatic carbocycles. The van der Waals surface area contributed by atoms with Crippen LogP contribution in [-0.4, -0.2) is 59.7 Å². The third-order valence-electron chi connectivity index (χ3n) is 9.10. The molecule has 0 spiro atoms. The van der Waals surface area contributed by atoms with Crippen molar-refractivity contribution in [2.75, 3.05) is 33.2 Å². The maximum Gasteiger partial charge on any atom is 0.527 e. The van der Waals surface area contributed by atoms with Crippen molar-refractivity contribution >= 4 is 25.2 Å². The summed E-state index contributed by atoms with van der Waals surface area (Å²) in [5, 5.41) is 0.101. The molecule has 5 aromatic rings. The molecular formula is C37H35ClN3O10P. The van der Waals surface area contributed by atoms with Gasteiger partial charge in [-0.15, -0.1) is 0 Å². The molecule has 15 heteroatoms. The second-order valence-corrected chi connectivity index (χ2v) is 13.9. The molecule has 52 heavy (non-hydrogen) atoms. The monoisotopic (exact) mass is 747 g/mol. The van der Waals surface area contributed by atoms with E-state index in [0.717, 1.165) is 16.7 Å². The first-order chi connectivity index (χ1) is 25.1. The van der Waals surface area contributed by atoms with E-state index < -0.39 is 43.2 Å². The standard InChI is InChI=1S/C37H35ClN3O10P/c1-45-27-16-12-25(13-17-27)37(24-8-4-3-5-9-24,26-14-18-28(46-2)19-15-26)48-23-36-22-47-32(34(49-36)41-21-20-31(39)40-35(41)42)33(36)51-52(43,44)50-30-11-7-6-10-29(30)38/h3-21,32-34H,22-23H2,1-2H3,(H,43,44)(H2,39,40,42)/t32-,33?,34-,36+/m1/s1. The molecule has 2 saturated heterocycles. The van der Waals surface area contributed by atoms with E-state index in [1.807, 2.05) is 78.9 Å². The molecule has 7 rings (SSSR count). The van der Waals surface area contributed by atoms with Gasteiger partial charge in [-0.2, -0.15) is 4.98 Å². The minimum atomic E-state index is -4.91. The number of phosphoric ester groups is 1. The molecule has 3 N–H and O–H groups in total. The van der Waals surface area contributed by atoms with Gasteiger partial charge >= 0.3 is 13.5 Å². The van der Waals surface area contributed by atoms with Crippen LogP contribution >= 0.6 is 19.4 Å². The van der Waals surface area contributed by atoms with Crippen LogP contribution in [0.3, 0.4) is 0 Å². The molecule has 2 bridgehead atoms. The highest BCUT2D eigenvalue weighted by Crippen LogP contribution is 2.56. The minimum absolute atomic E-state index is 0.01000. The molecule has 2 aliphatic heterocycles. The van der Waals surface area contributed by atoms with Gasteiger partial charge in [0.1, 0.15) is 46.5 Å². The van der Waals surface area contributed by atoms with Crippen molar-refractivity contribution in [1.29, 1.82) is 0 Å². The quantitative estimate of drug-likeness (QED) is 0.111. The zero-order valence-electron chi connectivity index (χ0n) is 28.0. The van der Waals surface area contributed by atoms with Crippen LogP contribution in [0, 0.1) is 0 Å². The van der Waals surface area contributed by atoms with Gasteiger partial charge in [0, 0.05) is 6.20 Å². The predicted molar refractivity (Wildman–Crippen MR) is 191 cm³/mol.